The Balaban J connectivity index is 1.81. The summed E-state index contributed by atoms with van der Waals surface area (Å²) in [6, 6.07) is 6.63. The molecule has 0 bridgehead atoms. The third-order valence-corrected chi connectivity index (χ3v) is 4.31. The summed E-state index contributed by atoms with van der Waals surface area (Å²) in [7, 11) is 0. The van der Waals surface area contributed by atoms with Gasteiger partial charge in [0, 0.05) is 17.4 Å². The normalized spacial score (nSPS) is 20.6. The van der Waals surface area contributed by atoms with Gasteiger partial charge in [-0.05, 0) is 43.9 Å². The predicted octanol–water partition coefficient (Wildman–Crippen LogP) is 2.41. The number of hydrogen-bond acceptors (Lipinski definition) is 3. The van der Waals surface area contributed by atoms with Crippen molar-refractivity contribution in [2.45, 2.75) is 44.1 Å². The van der Waals surface area contributed by atoms with Gasteiger partial charge in [0.05, 0.1) is 19.8 Å². The van der Waals surface area contributed by atoms with Crippen LogP contribution in [0.1, 0.15) is 37.8 Å². The minimum atomic E-state index is -0.109. The number of fused-ring (bicyclic) bond motifs is 1. The zero-order chi connectivity index (χ0) is 13.5. The topological polar surface area (TPSA) is 44.5 Å². The molecule has 2 heterocycles. The van der Waals surface area contributed by atoms with E-state index in [-0.39, 0.29) is 11.0 Å². The molecule has 1 saturated heterocycles. The van der Waals surface area contributed by atoms with Gasteiger partial charge in [0.2, 0.25) is 0 Å². The third kappa shape index (κ3) is 2.49. The Morgan fingerprint density at radius 3 is 2.74 bits per heavy atom. The van der Waals surface area contributed by atoms with Crippen molar-refractivity contribution in [3.8, 4) is 5.75 Å². The molecular weight excluding hydrogens is 238 g/mol. The minimum absolute atomic E-state index is 0.109. The molecule has 1 aromatic carbocycles. The minimum Gasteiger partial charge on any atom is -0.493 e. The molecular formula is C16H23NO2. The molecule has 3 rings (SSSR count). The van der Waals surface area contributed by atoms with Crippen LogP contribution in [0.15, 0.2) is 18.2 Å². The monoisotopic (exact) mass is 261 g/mol. The summed E-state index contributed by atoms with van der Waals surface area (Å²) in [4.78, 5) is 0. The average molecular weight is 261 g/mol. The van der Waals surface area contributed by atoms with E-state index in [1.54, 1.807) is 0 Å². The lowest BCUT2D eigenvalue weighted by molar-refractivity contribution is -0.0669. The summed E-state index contributed by atoms with van der Waals surface area (Å²) in [5, 5.41) is 0. The lowest BCUT2D eigenvalue weighted by atomic mass is 9.72. The zero-order valence-corrected chi connectivity index (χ0v) is 11.9. The van der Waals surface area contributed by atoms with Crippen molar-refractivity contribution >= 4 is 0 Å². The molecule has 2 aliphatic rings. The standard InChI is InChI=1S/C16H23NO2/c1-15(2,17)6-7-16(10-18-11-16)13-3-4-14-12(9-13)5-8-19-14/h3-4,9H,5-8,10-11,17H2,1-2H3. The fourth-order valence-corrected chi connectivity index (χ4v) is 2.88. The summed E-state index contributed by atoms with van der Waals surface area (Å²) in [6.45, 7) is 6.65. The van der Waals surface area contributed by atoms with Crippen LogP contribution in [0.25, 0.3) is 0 Å². The third-order valence-electron chi connectivity index (χ3n) is 4.31. The summed E-state index contributed by atoms with van der Waals surface area (Å²) in [5.74, 6) is 1.05. The highest BCUT2D eigenvalue weighted by Crippen LogP contribution is 2.40. The fraction of sp³-hybridized carbons (Fsp3) is 0.625. The molecule has 1 aromatic rings. The van der Waals surface area contributed by atoms with Crippen LogP contribution in [0, 0.1) is 0 Å². The number of benzene rings is 1. The summed E-state index contributed by atoms with van der Waals surface area (Å²) < 4.78 is 11.1. The van der Waals surface area contributed by atoms with Gasteiger partial charge in [-0.1, -0.05) is 12.1 Å². The van der Waals surface area contributed by atoms with Crippen LogP contribution in [0.4, 0.5) is 0 Å². The van der Waals surface area contributed by atoms with Crippen molar-refractivity contribution in [1.82, 2.24) is 0 Å². The van der Waals surface area contributed by atoms with E-state index in [0.29, 0.717) is 0 Å². The lowest BCUT2D eigenvalue weighted by Gasteiger charge is -2.43. The molecule has 0 atom stereocenters. The number of hydrogen-bond donors (Lipinski definition) is 1. The Morgan fingerprint density at radius 2 is 2.11 bits per heavy atom. The molecule has 0 aliphatic carbocycles. The number of ether oxygens (including phenoxy) is 2. The van der Waals surface area contributed by atoms with Gasteiger partial charge in [-0.15, -0.1) is 0 Å². The maximum Gasteiger partial charge on any atom is 0.122 e. The van der Waals surface area contributed by atoms with E-state index in [2.05, 4.69) is 32.0 Å². The highest BCUT2D eigenvalue weighted by Gasteiger charge is 2.41. The average Bonchev–Trinajstić information content (AvgIpc) is 2.73. The van der Waals surface area contributed by atoms with Crippen molar-refractivity contribution in [2.24, 2.45) is 5.73 Å². The first-order valence-corrected chi connectivity index (χ1v) is 7.11. The quantitative estimate of drug-likeness (QED) is 0.905. The van der Waals surface area contributed by atoms with E-state index in [1.165, 1.54) is 11.1 Å². The van der Waals surface area contributed by atoms with Crippen molar-refractivity contribution < 1.29 is 9.47 Å². The molecule has 2 N–H and O–H groups in total. The van der Waals surface area contributed by atoms with Gasteiger partial charge in [0.25, 0.3) is 0 Å². The molecule has 0 spiro atoms. The van der Waals surface area contributed by atoms with Crippen LogP contribution in [-0.2, 0) is 16.6 Å². The van der Waals surface area contributed by atoms with Gasteiger partial charge in [-0.25, -0.2) is 0 Å². The van der Waals surface area contributed by atoms with Crippen LogP contribution in [0.2, 0.25) is 0 Å². The smallest absolute Gasteiger partial charge is 0.122 e. The van der Waals surface area contributed by atoms with E-state index in [1.807, 2.05) is 0 Å². The van der Waals surface area contributed by atoms with E-state index in [4.69, 9.17) is 15.2 Å². The Morgan fingerprint density at radius 1 is 1.32 bits per heavy atom. The highest BCUT2D eigenvalue weighted by atomic mass is 16.5. The molecule has 0 unspecified atom stereocenters. The van der Waals surface area contributed by atoms with E-state index in [0.717, 1.165) is 44.8 Å². The van der Waals surface area contributed by atoms with Gasteiger partial charge in [0.15, 0.2) is 0 Å². The number of nitrogens with two attached hydrogens (primary N) is 1. The molecule has 0 saturated carbocycles. The van der Waals surface area contributed by atoms with Gasteiger partial charge in [-0.2, -0.15) is 0 Å². The highest BCUT2D eigenvalue weighted by molar-refractivity contribution is 5.43. The second kappa shape index (κ2) is 4.50. The maximum absolute atomic E-state index is 6.13. The molecule has 104 valence electrons. The number of rotatable bonds is 4. The molecule has 0 radical (unpaired) electrons. The van der Waals surface area contributed by atoms with Crippen LogP contribution < -0.4 is 10.5 Å². The Bertz CT molecular complexity index is 472. The maximum atomic E-state index is 6.13. The van der Waals surface area contributed by atoms with Gasteiger partial charge < -0.3 is 15.2 Å². The summed E-state index contributed by atoms with van der Waals surface area (Å²) in [5.41, 5.74) is 8.93. The van der Waals surface area contributed by atoms with Gasteiger partial charge in [0.1, 0.15) is 5.75 Å². The van der Waals surface area contributed by atoms with Crippen LogP contribution in [-0.4, -0.2) is 25.4 Å². The molecule has 2 aliphatic heterocycles. The van der Waals surface area contributed by atoms with Gasteiger partial charge >= 0.3 is 0 Å². The van der Waals surface area contributed by atoms with Crippen LogP contribution in [0.3, 0.4) is 0 Å². The second-order valence-electron chi connectivity index (χ2n) is 6.68. The van der Waals surface area contributed by atoms with Gasteiger partial charge in [-0.3, -0.25) is 0 Å². The first-order chi connectivity index (χ1) is 8.99. The van der Waals surface area contributed by atoms with Crippen molar-refractivity contribution in [2.75, 3.05) is 19.8 Å². The summed E-state index contributed by atoms with van der Waals surface area (Å²) >= 11 is 0. The molecule has 0 amide bonds. The van der Waals surface area contributed by atoms with Crippen LogP contribution >= 0.6 is 0 Å². The molecule has 3 heteroatoms. The fourth-order valence-electron chi connectivity index (χ4n) is 2.88. The second-order valence-corrected chi connectivity index (χ2v) is 6.68. The Hall–Kier alpha value is -1.06. The zero-order valence-electron chi connectivity index (χ0n) is 11.9. The van der Waals surface area contributed by atoms with Crippen LogP contribution in [0.5, 0.6) is 5.75 Å². The summed E-state index contributed by atoms with van der Waals surface area (Å²) in [6.07, 6.45) is 3.14. The van der Waals surface area contributed by atoms with Crippen molar-refractivity contribution in [1.29, 1.82) is 0 Å². The molecule has 0 aromatic heterocycles. The molecule has 1 fully saturated rings. The largest absolute Gasteiger partial charge is 0.493 e. The Labute approximate surface area is 115 Å². The first kappa shape index (κ1) is 12.9. The molecule has 19 heavy (non-hydrogen) atoms. The Kier molecular flexibility index (Phi) is 3.06. The first-order valence-electron chi connectivity index (χ1n) is 7.11. The van der Waals surface area contributed by atoms with E-state index < -0.39 is 0 Å². The molecule has 3 nitrogen and oxygen atoms in total. The van der Waals surface area contributed by atoms with E-state index in [9.17, 15) is 0 Å². The van der Waals surface area contributed by atoms with E-state index >= 15 is 0 Å². The predicted molar refractivity (Wildman–Crippen MR) is 75.6 cm³/mol. The van der Waals surface area contributed by atoms with Crippen molar-refractivity contribution in [3.05, 3.63) is 29.3 Å². The SMILES string of the molecule is CC(C)(N)CCC1(c2ccc3c(c2)CCO3)COC1. The van der Waals surface area contributed by atoms with Crippen molar-refractivity contribution in [3.63, 3.8) is 0 Å². The lowest BCUT2D eigenvalue weighted by Crippen LogP contribution is -2.48.